The zero-order valence-corrected chi connectivity index (χ0v) is 19.3. The van der Waals surface area contributed by atoms with Gasteiger partial charge < -0.3 is 9.88 Å². The molecule has 0 aliphatic carbocycles. The standard InChI is InChI=1S/C26H29N5O2/c1-4-5-11-22-19(3)30(17-23(32)27-16-20-14-12-18(2)13-15-20)26-28-24(29-31(26)25(22)33)21-9-7-6-8-10-21/h6-10,12-15H,4-5,11,16-17H2,1-3H3,(H,27,32). The third-order valence-corrected chi connectivity index (χ3v) is 5.85. The quantitative estimate of drug-likeness (QED) is 0.449. The van der Waals surface area contributed by atoms with E-state index in [1.54, 1.807) is 4.57 Å². The van der Waals surface area contributed by atoms with E-state index in [2.05, 4.69) is 22.3 Å². The van der Waals surface area contributed by atoms with Crippen LogP contribution in [0.2, 0.25) is 0 Å². The van der Waals surface area contributed by atoms with Crippen LogP contribution in [0.25, 0.3) is 17.2 Å². The van der Waals surface area contributed by atoms with Crippen molar-refractivity contribution in [3.8, 4) is 11.4 Å². The van der Waals surface area contributed by atoms with Crippen molar-refractivity contribution in [1.82, 2.24) is 24.5 Å². The molecule has 0 aliphatic rings. The fourth-order valence-corrected chi connectivity index (χ4v) is 3.86. The molecule has 7 nitrogen and oxygen atoms in total. The Kier molecular flexibility index (Phi) is 6.68. The van der Waals surface area contributed by atoms with Gasteiger partial charge in [0.1, 0.15) is 6.54 Å². The van der Waals surface area contributed by atoms with E-state index in [0.717, 1.165) is 29.7 Å². The molecule has 1 N–H and O–H groups in total. The molecule has 170 valence electrons. The van der Waals surface area contributed by atoms with Crippen LogP contribution in [0.3, 0.4) is 0 Å². The lowest BCUT2D eigenvalue weighted by molar-refractivity contribution is -0.121. The first-order chi connectivity index (χ1) is 16.0. The molecule has 7 heteroatoms. The highest BCUT2D eigenvalue weighted by atomic mass is 16.2. The van der Waals surface area contributed by atoms with Crippen LogP contribution in [0.4, 0.5) is 0 Å². The number of amides is 1. The van der Waals surface area contributed by atoms with Gasteiger partial charge in [0.15, 0.2) is 5.82 Å². The Morgan fingerprint density at radius 1 is 1.03 bits per heavy atom. The van der Waals surface area contributed by atoms with Gasteiger partial charge >= 0.3 is 0 Å². The lowest BCUT2D eigenvalue weighted by atomic mass is 10.1. The first-order valence-corrected chi connectivity index (χ1v) is 11.3. The fraction of sp³-hybridized carbons (Fsp3) is 0.308. The van der Waals surface area contributed by atoms with Gasteiger partial charge in [-0.3, -0.25) is 9.59 Å². The van der Waals surface area contributed by atoms with Gasteiger partial charge in [0.25, 0.3) is 5.56 Å². The molecular formula is C26H29N5O2. The lowest BCUT2D eigenvalue weighted by Gasteiger charge is -2.15. The van der Waals surface area contributed by atoms with Crippen molar-refractivity contribution >= 4 is 11.7 Å². The number of aryl methyl sites for hydroxylation is 1. The summed E-state index contributed by atoms with van der Waals surface area (Å²) in [5.74, 6) is 0.700. The van der Waals surface area contributed by atoms with Gasteiger partial charge in [0.05, 0.1) is 0 Å². The predicted octanol–water partition coefficient (Wildman–Crippen LogP) is 3.83. The second-order valence-corrected chi connectivity index (χ2v) is 8.33. The molecule has 1 amide bonds. The molecule has 0 bridgehead atoms. The summed E-state index contributed by atoms with van der Waals surface area (Å²) < 4.78 is 3.14. The van der Waals surface area contributed by atoms with Gasteiger partial charge in [-0.05, 0) is 32.3 Å². The molecule has 2 aromatic heterocycles. The molecule has 2 aromatic carbocycles. The van der Waals surface area contributed by atoms with Crippen LogP contribution in [0.1, 0.15) is 42.1 Å². The lowest BCUT2D eigenvalue weighted by Crippen LogP contribution is -2.32. The number of benzene rings is 2. The molecule has 0 saturated heterocycles. The first-order valence-electron chi connectivity index (χ1n) is 11.3. The molecule has 4 rings (SSSR count). The average molecular weight is 444 g/mol. The highest BCUT2D eigenvalue weighted by Gasteiger charge is 2.19. The number of carbonyl (C=O) groups is 1. The molecule has 0 radical (unpaired) electrons. The Bertz CT molecular complexity index is 1320. The third-order valence-electron chi connectivity index (χ3n) is 5.85. The number of hydrogen-bond donors (Lipinski definition) is 1. The second kappa shape index (κ2) is 9.81. The number of nitrogens with zero attached hydrogens (tertiary/aromatic N) is 4. The minimum absolute atomic E-state index is 0.0630. The fourth-order valence-electron chi connectivity index (χ4n) is 3.86. The van der Waals surface area contributed by atoms with Crippen LogP contribution in [0, 0.1) is 13.8 Å². The topological polar surface area (TPSA) is 81.3 Å². The number of nitrogens with one attached hydrogen (secondary N) is 1. The molecule has 4 aromatic rings. The number of hydrogen-bond acceptors (Lipinski definition) is 4. The predicted molar refractivity (Wildman–Crippen MR) is 129 cm³/mol. The molecule has 2 heterocycles. The summed E-state index contributed by atoms with van der Waals surface area (Å²) in [6, 6.07) is 17.6. The zero-order chi connectivity index (χ0) is 23.4. The Balaban J connectivity index is 1.69. The smallest absolute Gasteiger partial charge is 0.279 e. The monoisotopic (exact) mass is 443 g/mol. The zero-order valence-electron chi connectivity index (χ0n) is 19.3. The number of unbranched alkanes of at least 4 members (excludes halogenated alkanes) is 1. The van der Waals surface area contributed by atoms with Crippen molar-refractivity contribution in [3.05, 3.63) is 87.3 Å². The van der Waals surface area contributed by atoms with Crippen LogP contribution in [-0.4, -0.2) is 25.1 Å². The van der Waals surface area contributed by atoms with Crippen LogP contribution in [0.5, 0.6) is 0 Å². The summed E-state index contributed by atoms with van der Waals surface area (Å²) in [4.78, 5) is 30.7. The normalized spacial score (nSPS) is 11.1. The van der Waals surface area contributed by atoms with Crippen molar-refractivity contribution < 1.29 is 4.79 Å². The van der Waals surface area contributed by atoms with Crippen molar-refractivity contribution in [2.24, 2.45) is 0 Å². The van der Waals surface area contributed by atoms with E-state index in [0.29, 0.717) is 30.1 Å². The molecule has 0 atom stereocenters. The summed E-state index contributed by atoms with van der Waals surface area (Å²) >= 11 is 0. The number of fused-ring (bicyclic) bond motifs is 1. The Labute approximate surface area is 193 Å². The van der Waals surface area contributed by atoms with Gasteiger partial charge in [-0.1, -0.05) is 73.5 Å². The average Bonchev–Trinajstić information content (AvgIpc) is 3.28. The maximum absolute atomic E-state index is 13.2. The van der Waals surface area contributed by atoms with Crippen LogP contribution < -0.4 is 10.9 Å². The largest absolute Gasteiger partial charge is 0.350 e. The summed E-state index contributed by atoms with van der Waals surface area (Å²) in [5.41, 5.74) is 4.31. The molecule has 0 saturated carbocycles. The SMILES string of the molecule is CCCCc1c(C)n(CC(=O)NCc2ccc(C)cc2)c2nc(-c3ccccc3)nn2c1=O. The van der Waals surface area contributed by atoms with E-state index < -0.39 is 0 Å². The third kappa shape index (κ3) is 4.87. The Hall–Kier alpha value is -3.74. The summed E-state index contributed by atoms with van der Waals surface area (Å²) in [6.07, 6.45) is 2.50. The summed E-state index contributed by atoms with van der Waals surface area (Å²) in [6.45, 7) is 6.52. The number of aromatic nitrogens is 4. The maximum Gasteiger partial charge on any atom is 0.279 e. The van der Waals surface area contributed by atoms with E-state index >= 15 is 0 Å². The van der Waals surface area contributed by atoms with Crippen molar-refractivity contribution in [2.75, 3.05) is 0 Å². The van der Waals surface area contributed by atoms with Gasteiger partial charge in [-0.2, -0.15) is 9.50 Å². The van der Waals surface area contributed by atoms with Gasteiger partial charge in [0, 0.05) is 23.4 Å². The molecule has 0 spiro atoms. The van der Waals surface area contributed by atoms with E-state index in [4.69, 9.17) is 0 Å². The van der Waals surface area contributed by atoms with E-state index in [1.807, 2.05) is 68.4 Å². The van der Waals surface area contributed by atoms with E-state index in [1.165, 1.54) is 10.1 Å². The van der Waals surface area contributed by atoms with Crippen molar-refractivity contribution in [1.29, 1.82) is 0 Å². The Morgan fingerprint density at radius 2 is 1.76 bits per heavy atom. The number of carbonyl (C=O) groups excluding carboxylic acids is 1. The van der Waals surface area contributed by atoms with Gasteiger partial charge in [-0.25, -0.2) is 0 Å². The van der Waals surface area contributed by atoms with E-state index in [9.17, 15) is 9.59 Å². The highest BCUT2D eigenvalue weighted by Crippen LogP contribution is 2.17. The molecular weight excluding hydrogens is 414 g/mol. The van der Waals surface area contributed by atoms with Crippen molar-refractivity contribution in [2.45, 2.75) is 53.1 Å². The summed E-state index contributed by atoms with van der Waals surface area (Å²) in [7, 11) is 0. The van der Waals surface area contributed by atoms with Crippen LogP contribution in [0.15, 0.2) is 59.4 Å². The second-order valence-electron chi connectivity index (χ2n) is 8.33. The van der Waals surface area contributed by atoms with Crippen molar-refractivity contribution in [3.63, 3.8) is 0 Å². The minimum atomic E-state index is -0.165. The van der Waals surface area contributed by atoms with Gasteiger partial charge in [0.2, 0.25) is 11.7 Å². The molecule has 0 aliphatic heterocycles. The Morgan fingerprint density at radius 3 is 2.45 bits per heavy atom. The number of rotatable bonds is 8. The van der Waals surface area contributed by atoms with Crippen LogP contribution >= 0.6 is 0 Å². The first kappa shape index (κ1) is 22.5. The molecule has 0 fully saturated rings. The molecule has 0 unspecified atom stereocenters. The maximum atomic E-state index is 13.2. The van der Waals surface area contributed by atoms with Gasteiger partial charge in [-0.15, -0.1) is 5.10 Å². The molecule has 33 heavy (non-hydrogen) atoms. The minimum Gasteiger partial charge on any atom is -0.350 e. The van der Waals surface area contributed by atoms with Crippen LogP contribution in [-0.2, 0) is 24.3 Å². The highest BCUT2D eigenvalue weighted by molar-refractivity contribution is 5.76. The van der Waals surface area contributed by atoms with E-state index in [-0.39, 0.29) is 18.0 Å². The summed E-state index contributed by atoms with van der Waals surface area (Å²) in [5, 5.41) is 7.48.